The van der Waals surface area contributed by atoms with Gasteiger partial charge in [0.05, 0.1) is 7.11 Å². The van der Waals surface area contributed by atoms with E-state index in [1.165, 1.54) is 13.2 Å². The topological polar surface area (TPSA) is 81.6 Å². The van der Waals surface area contributed by atoms with Gasteiger partial charge in [-0.2, -0.15) is 22.5 Å². The summed E-state index contributed by atoms with van der Waals surface area (Å²) >= 11 is 0. The molecule has 0 spiro atoms. The number of alkyl halides is 3. The minimum absolute atomic E-state index is 0.0159. The largest absolute Gasteiger partial charge is 0.495 e. The molecule has 0 aliphatic carbocycles. The maximum atomic E-state index is 13.5. The SMILES string of the molecule is COc1ccc(F)cc1S(=O)(=O)N1CCC(Oc2nccc(C(F)(F)F)n2)CC1. The summed E-state index contributed by atoms with van der Waals surface area (Å²) in [6.07, 6.45) is -3.82. The lowest BCUT2D eigenvalue weighted by molar-refractivity contribution is -0.141. The Kier molecular flexibility index (Phi) is 5.94. The summed E-state index contributed by atoms with van der Waals surface area (Å²) in [7, 11) is -2.74. The van der Waals surface area contributed by atoms with Crippen LogP contribution in [0, 0.1) is 5.82 Å². The highest BCUT2D eigenvalue weighted by molar-refractivity contribution is 7.89. The van der Waals surface area contributed by atoms with Crippen molar-refractivity contribution in [2.24, 2.45) is 0 Å². The number of piperidine rings is 1. The number of benzene rings is 1. The molecule has 1 fully saturated rings. The number of hydrogen-bond donors (Lipinski definition) is 0. The maximum Gasteiger partial charge on any atom is 0.433 e. The summed E-state index contributed by atoms with van der Waals surface area (Å²) in [6, 6.07) is 3.51. The van der Waals surface area contributed by atoms with E-state index >= 15 is 0 Å². The highest BCUT2D eigenvalue weighted by Crippen LogP contribution is 2.31. The van der Waals surface area contributed by atoms with E-state index < -0.39 is 39.8 Å². The summed E-state index contributed by atoms with van der Waals surface area (Å²) in [6.45, 7) is 0.0667. The molecule has 1 aromatic heterocycles. The lowest BCUT2D eigenvalue weighted by Crippen LogP contribution is -2.42. The van der Waals surface area contributed by atoms with Crippen LogP contribution in [0.15, 0.2) is 35.4 Å². The number of sulfonamides is 1. The predicted molar refractivity (Wildman–Crippen MR) is 92.4 cm³/mol. The van der Waals surface area contributed by atoms with Gasteiger partial charge in [0.2, 0.25) is 10.0 Å². The molecule has 1 aliphatic heterocycles. The van der Waals surface area contributed by atoms with Crippen LogP contribution in [-0.2, 0) is 16.2 Å². The first-order chi connectivity index (χ1) is 13.6. The Morgan fingerprint density at radius 3 is 2.48 bits per heavy atom. The van der Waals surface area contributed by atoms with Crippen LogP contribution in [0.2, 0.25) is 0 Å². The summed E-state index contributed by atoms with van der Waals surface area (Å²) in [5, 5.41) is 0. The molecule has 0 amide bonds. The molecule has 1 saturated heterocycles. The van der Waals surface area contributed by atoms with Crippen LogP contribution in [-0.4, -0.2) is 49.0 Å². The fraction of sp³-hybridized carbons (Fsp3) is 0.412. The van der Waals surface area contributed by atoms with Gasteiger partial charge in [0.1, 0.15) is 22.6 Å². The van der Waals surface area contributed by atoms with E-state index in [1.54, 1.807) is 0 Å². The highest BCUT2D eigenvalue weighted by Gasteiger charge is 2.35. The van der Waals surface area contributed by atoms with Crippen LogP contribution in [0.1, 0.15) is 18.5 Å². The Balaban J connectivity index is 1.69. The molecule has 0 unspecified atom stereocenters. The standard InChI is InChI=1S/C17H17F4N3O4S/c1-27-13-3-2-11(18)10-14(13)29(25,26)24-8-5-12(6-9-24)28-16-22-7-4-15(23-16)17(19,20)21/h2-4,7,10,12H,5-6,8-9H2,1H3. The van der Waals surface area contributed by atoms with Crippen LogP contribution >= 0.6 is 0 Å². The molecule has 0 atom stereocenters. The van der Waals surface area contributed by atoms with Crippen molar-refractivity contribution < 1.29 is 35.5 Å². The van der Waals surface area contributed by atoms with Gasteiger partial charge in [-0.15, -0.1) is 0 Å². The number of rotatable bonds is 5. The molecular weight excluding hydrogens is 418 g/mol. The second-order valence-corrected chi connectivity index (χ2v) is 8.15. The average molecular weight is 435 g/mol. The van der Waals surface area contributed by atoms with Gasteiger partial charge in [0.15, 0.2) is 5.69 Å². The zero-order valence-electron chi connectivity index (χ0n) is 15.2. The van der Waals surface area contributed by atoms with Gasteiger partial charge in [0, 0.05) is 19.3 Å². The summed E-state index contributed by atoms with van der Waals surface area (Å²) < 4.78 is 88.9. The number of methoxy groups -OCH3 is 1. The zero-order valence-corrected chi connectivity index (χ0v) is 16.0. The van der Waals surface area contributed by atoms with E-state index in [4.69, 9.17) is 9.47 Å². The van der Waals surface area contributed by atoms with Crippen molar-refractivity contribution in [2.75, 3.05) is 20.2 Å². The Labute approximate surface area is 164 Å². The first kappa shape index (κ1) is 21.2. The van der Waals surface area contributed by atoms with Gasteiger partial charge < -0.3 is 9.47 Å². The molecule has 2 aromatic rings. The lowest BCUT2D eigenvalue weighted by atomic mass is 10.1. The molecule has 0 saturated carbocycles. The van der Waals surface area contributed by atoms with Crippen molar-refractivity contribution in [3.8, 4) is 11.8 Å². The monoisotopic (exact) mass is 435 g/mol. The lowest BCUT2D eigenvalue weighted by Gasteiger charge is -2.31. The molecule has 1 aliphatic rings. The molecule has 158 valence electrons. The van der Waals surface area contributed by atoms with Gasteiger partial charge >= 0.3 is 12.2 Å². The molecule has 0 N–H and O–H groups in total. The third kappa shape index (κ3) is 4.75. The van der Waals surface area contributed by atoms with Gasteiger partial charge in [-0.3, -0.25) is 0 Å². The average Bonchev–Trinajstić information content (AvgIpc) is 2.68. The Morgan fingerprint density at radius 1 is 1.17 bits per heavy atom. The van der Waals surface area contributed by atoms with E-state index in [2.05, 4.69) is 9.97 Å². The van der Waals surface area contributed by atoms with Crippen molar-refractivity contribution >= 4 is 10.0 Å². The molecule has 0 radical (unpaired) electrons. The fourth-order valence-corrected chi connectivity index (χ4v) is 4.52. The van der Waals surface area contributed by atoms with Crippen molar-refractivity contribution in [3.05, 3.63) is 42.0 Å². The Morgan fingerprint density at radius 2 is 1.86 bits per heavy atom. The predicted octanol–water partition coefficient (Wildman–Crippen LogP) is 2.88. The summed E-state index contributed by atoms with van der Waals surface area (Å²) in [5.74, 6) is -0.702. The van der Waals surface area contributed by atoms with Crippen LogP contribution < -0.4 is 9.47 Å². The number of ether oxygens (including phenoxy) is 2. The first-order valence-corrected chi connectivity index (χ1v) is 9.96. The smallest absolute Gasteiger partial charge is 0.433 e. The fourth-order valence-electron chi connectivity index (χ4n) is 2.89. The third-order valence-electron chi connectivity index (χ3n) is 4.34. The van der Waals surface area contributed by atoms with E-state index in [-0.39, 0.29) is 36.6 Å². The molecule has 29 heavy (non-hydrogen) atoms. The Hall–Kier alpha value is -2.47. The van der Waals surface area contributed by atoms with Crippen molar-refractivity contribution in [3.63, 3.8) is 0 Å². The number of hydrogen-bond acceptors (Lipinski definition) is 6. The Bertz CT molecular complexity index is 977. The van der Waals surface area contributed by atoms with E-state index in [0.717, 1.165) is 28.7 Å². The third-order valence-corrected chi connectivity index (χ3v) is 6.26. The molecular formula is C17H17F4N3O4S. The van der Waals surface area contributed by atoms with Crippen LogP contribution in [0.4, 0.5) is 17.6 Å². The van der Waals surface area contributed by atoms with Crippen molar-refractivity contribution in [1.29, 1.82) is 0 Å². The number of halogens is 4. The highest BCUT2D eigenvalue weighted by atomic mass is 32.2. The number of aromatic nitrogens is 2. The van der Waals surface area contributed by atoms with Gasteiger partial charge in [-0.1, -0.05) is 0 Å². The van der Waals surface area contributed by atoms with Crippen LogP contribution in [0.3, 0.4) is 0 Å². The zero-order chi connectivity index (χ0) is 21.2. The van der Waals surface area contributed by atoms with Gasteiger partial charge in [-0.05, 0) is 37.1 Å². The maximum absolute atomic E-state index is 13.5. The minimum atomic E-state index is -4.62. The molecule has 2 heterocycles. The van der Waals surface area contributed by atoms with Gasteiger partial charge in [-0.25, -0.2) is 17.8 Å². The second-order valence-electron chi connectivity index (χ2n) is 6.24. The minimum Gasteiger partial charge on any atom is -0.495 e. The van der Waals surface area contributed by atoms with Gasteiger partial charge in [0.25, 0.3) is 0 Å². The quantitative estimate of drug-likeness (QED) is 0.672. The molecule has 12 heteroatoms. The van der Waals surface area contributed by atoms with E-state index in [1.807, 2.05) is 0 Å². The van der Waals surface area contributed by atoms with Crippen LogP contribution in [0.5, 0.6) is 11.8 Å². The van der Waals surface area contributed by atoms with Crippen LogP contribution in [0.25, 0.3) is 0 Å². The van der Waals surface area contributed by atoms with Crippen molar-refractivity contribution in [1.82, 2.24) is 14.3 Å². The molecule has 3 rings (SSSR count). The molecule has 0 bridgehead atoms. The molecule has 7 nitrogen and oxygen atoms in total. The molecule has 1 aromatic carbocycles. The first-order valence-electron chi connectivity index (χ1n) is 8.52. The number of nitrogens with zero attached hydrogens (tertiary/aromatic N) is 3. The van der Waals surface area contributed by atoms with E-state index in [0.29, 0.717) is 0 Å². The van der Waals surface area contributed by atoms with E-state index in [9.17, 15) is 26.0 Å². The normalized spacial score (nSPS) is 16.6. The summed E-state index contributed by atoms with van der Waals surface area (Å²) in [4.78, 5) is 6.72. The van der Waals surface area contributed by atoms with Crippen molar-refractivity contribution in [2.45, 2.75) is 30.0 Å². The summed E-state index contributed by atoms with van der Waals surface area (Å²) in [5.41, 5.74) is -1.12. The second kappa shape index (κ2) is 8.11.